The minimum Gasteiger partial charge on any atom is -0.296 e. The lowest BCUT2D eigenvalue weighted by Crippen LogP contribution is -2.35. The number of rotatable bonds is 4. The zero-order valence-electron chi connectivity index (χ0n) is 10.8. The van der Waals surface area contributed by atoms with Crippen LogP contribution in [-0.4, -0.2) is 33.1 Å². The van der Waals surface area contributed by atoms with Crippen LogP contribution in [0.4, 0.5) is 0 Å². The van der Waals surface area contributed by atoms with Gasteiger partial charge in [0.25, 0.3) is 0 Å². The third kappa shape index (κ3) is 3.46. The zero-order valence-corrected chi connectivity index (χ0v) is 11.5. The molecule has 4 heteroatoms. The van der Waals surface area contributed by atoms with Crippen LogP contribution >= 0.6 is 11.6 Å². The predicted octanol–water partition coefficient (Wildman–Crippen LogP) is 3.06. The van der Waals surface area contributed by atoms with Crippen LogP contribution in [0.1, 0.15) is 44.8 Å². The second kappa shape index (κ2) is 5.87. The average molecular weight is 256 g/mol. The molecule has 2 rings (SSSR count). The maximum atomic E-state index is 6.19. The van der Waals surface area contributed by atoms with Crippen LogP contribution in [0.15, 0.2) is 12.3 Å². The molecule has 0 aromatic carbocycles. The van der Waals surface area contributed by atoms with E-state index in [0.29, 0.717) is 11.4 Å². The van der Waals surface area contributed by atoms with E-state index in [9.17, 15) is 0 Å². The van der Waals surface area contributed by atoms with Gasteiger partial charge in [0.05, 0.1) is 5.69 Å². The first-order chi connectivity index (χ1) is 8.19. The van der Waals surface area contributed by atoms with Crippen LogP contribution in [-0.2, 0) is 6.54 Å². The van der Waals surface area contributed by atoms with Gasteiger partial charge in [-0.2, -0.15) is 5.10 Å². The topological polar surface area (TPSA) is 21.1 Å². The van der Waals surface area contributed by atoms with Gasteiger partial charge >= 0.3 is 0 Å². The molecule has 1 saturated heterocycles. The molecule has 2 atom stereocenters. The summed E-state index contributed by atoms with van der Waals surface area (Å²) in [5.74, 6) is 0. The van der Waals surface area contributed by atoms with Crippen molar-refractivity contribution >= 4 is 11.6 Å². The molecule has 0 amide bonds. The van der Waals surface area contributed by atoms with E-state index >= 15 is 0 Å². The maximum Gasteiger partial charge on any atom is 0.0764 e. The highest BCUT2D eigenvalue weighted by Gasteiger charge is 2.18. The van der Waals surface area contributed by atoms with Crippen LogP contribution in [0.3, 0.4) is 0 Å². The number of hydrogen-bond acceptors (Lipinski definition) is 2. The number of likely N-dealkylation sites (tertiary alicyclic amines) is 1. The van der Waals surface area contributed by atoms with Gasteiger partial charge in [-0.05, 0) is 38.8 Å². The highest BCUT2D eigenvalue weighted by molar-refractivity contribution is 6.20. The molecule has 1 aromatic rings. The molecule has 0 saturated carbocycles. The molecule has 0 spiro atoms. The van der Waals surface area contributed by atoms with Gasteiger partial charge in [-0.1, -0.05) is 6.92 Å². The molecule has 1 fully saturated rings. The summed E-state index contributed by atoms with van der Waals surface area (Å²) in [5.41, 5.74) is 1.16. The number of hydrogen-bond donors (Lipinski definition) is 0. The first-order valence-electron chi connectivity index (χ1n) is 6.59. The third-order valence-electron chi connectivity index (χ3n) is 3.54. The van der Waals surface area contributed by atoms with Crippen LogP contribution in [0, 0.1) is 0 Å². The molecular weight excluding hydrogens is 234 g/mol. The molecule has 1 aromatic heterocycles. The van der Waals surface area contributed by atoms with Crippen LogP contribution in [0.25, 0.3) is 0 Å². The van der Waals surface area contributed by atoms with E-state index in [1.54, 1.807) is 0 Å². The molecular formula is C13H22ClN3. The number of piperidine rings is 1. The summed E-state index contributed by atoms with van der Waals surface area (Å²) in [6.07, 6.45) is 5.57. The smallest absolute Gasteiger partial charge is 0.0764 e. The summed E-state index contributed by atoms with van der Waals surface area (Å²) in [4.78, 5) is 2.41. The highest BCUT2D eigenvalue weighted by atomic mass is 35.5. The highest BCUT2D eigenvalue weighted by Crippen LogP contribution is 2.17. The summed E-state index contributed by atoms with van der Waals surface area (Å²) < 4.78 is 2.07. The quantitative estimate of drug-likeness (QED) is 0.771. The van der Waals surface area contributed by atoms with E-state index in [0.717, 1.165) is 38.2 Å². The molecule has 17 heavy (non-hydrogen) atoms. The van der Waals surface area contributed by atoms with Crippen molar-refractivity contribution in [1.29, 1.82) is 0 Å². The Labute approximate surface area is 109 Å². The first-order valence-corrected chi connectivity index (χ1v) is 7.03. The van der Waals surface area contributed by atoms with Crippen molar-refractivity contribution in [1.82, 2.24) is 14.7 Å². The summed E-state index contributed by atoms with van der Waals surface area (Å²) in [6, 6.07) is 2.62. The standard InChI is InChI=1S/C13H22ClN3/c1-3-11(2)17-8-6-13(15-17)10-16-7-4-5-12(14)9-16/h6,8,11-12H,3-5,7,9-10H2,1-2H3. The molecule has 0 N–H and O–H groups in total. The monoisotopic (exact) mass is 255 g/mol. The fraction of sp³-hybridized carbons (Fsp3) is 0.769. The minimum absolute atomic E-state index is 0.320. The van der Waals surface area contributed by atoms with Crippen LogP contribution in [0.2, 0.25) is 0 Å². The largest absolute Gasteiger partial charge is 0.296 e. The third-order valence-corrected chi connectivity index (χ3v) is 3.90. The number of nitrogens with zero attached hydrogens (tertiary/aromatic N) is 3. The van der Waals surface area contributed by atoms with Gasteiger partial charge in [-0.15, -0.1) is 11.6 Å². The van der Waals surface area contributed by atoms with Crippen molar-refractivity contribution in [3.8, 4) is 0 Å². The summed E-state index contributed by atoms with van der Waals surface area (Å²) in [7, 11) is 0. The van der Waals surface area contributed by atoms with Crippen molar-refractivity contribution < 1.29 is 0 Å². The molecule has 1 aliphatic rings. The summed E-state index contributed by atoms with van der Waals surface area (Å²) in [6.45, 7) is 7.48. The van der Waals surface area contributed by atoms with Gasteiger partial charge in [0.15, 0.2) is 0 Å². The van der Waals surface area contributed by atoms with Crippen molar-refractivity contribution in [2.45, 2.75) is 51.1 Å². The predicted molar refractivity (Wildman–Crippen MR) is 71.4 cm³/mol. The Morgan fingerprint density at radius 2 is 2.41 bits per heavy atom. The molecule has 96 valence electrons. The van der Waals surface area contributed by atoms with E-state index in [4.69, 9.17) is 11.6 Å². The Bertz CT molecular complexity index is 350. The molecule has 0 bridgehead atoms. The van der Waals surface area contributed by atoms with Crippen molar-refractivity contribution in [2.24, 2.45) is 0 Å². The van der Waals surface area contributed by atoms with E-state index < -0.39 is 0 Å². The molecule has 2 heterocycles. The van der Waals surface area contributed by atoms with E-state index in [1.165, 1.54) is 6.42 Å². The maximum absolute atomic E-state index is 6.19. The molecule has 2 unspecified atom stereocenters. The van der Waals surface area contributed by atoms with Gasteiger partial charge in [-0.3, -0.25) is 9.58 Å². The van der Waals surface area contributed by atoms with Gasteiger partial charge in [0, 0.05) is 30.7 Å². The van der Waals surface area contributed by atoms with Crippen molar-refractivity contribution in [2.75, 3.05) is 13.1 Å². The second-order valence-corrected chi connectivity index (χ2v) is 5.64. The molecule has 1 aliphatic heterocycles. The summed E-state index contributed by atoms with van der Waals surface area (Å²) in [5, 5.41) is 4.95. The fourth-order valence-corrected chi connectivity index (χ4v) is 2.62. The lowest BCUT2D eigenvalue weighted by molar-refractivity contribution is 0.220. The Hall–Kier alpha value is -0.540. The Morgan fingerprint density at radius 3 is 3.12 bits per heavy atom. The van der Waals surface area contributed by atoms with E-state index in [-0.39, 0.29) is 0 Å². The van der Waals surface area contributed by atoms with Gasteiger partial charge in [0.1, 0.15) is 0 Å². The molecule has 0 radical (unpaired) electrons. The minimum atomic E-state index is 0.320. The lowest BCUT2D eigenvalue weighted by Gasteiger charge is -2.28. The Kier molecular flexibility index (Phi) is 4.46. The van der Waals surface area contributed by atoms with Gasteiger partial charge in [-0.25, -0.2) is 0 Å². The lowest BCUT2D eigenvalue weighted by atomic mass is 10.1. The van der Waals surface area contributed by atoms with Crippen molar-refractivity contribution in [3.63, 3.8) is 0 Å². The average Bonchev–Trinajstić information content (AvgIpc) is 2.76. The number of halogens is 1. The Morgan fingerprint density at radius 1 is 1.59 bits per heavy atom. The van der Waals surface area contributed by atoms with Crippen molar-refractivity contribution in [3.05, 3.63) is 18.0 Å². The van der Waals surface area contributed by atoms with E-state index in [2.05, 4.69) is 40.8 Å². The Balaban J connectivity index is 1.92. The molecule has 0 aliphatic carbocycles. The fourth-order valence-electron chi connectivity index (χ4n) is 2.27. The number of aromatic nitrogens is 2. The van der Waals surface area contributed by atoms with Gasteiger partial charge in [0.2, 0.25) is 0 Å². The normalized spacial score (nSPS) is 23.8. The van der Waals surface area contributed by atoms with Gasteiger partial charge < -0.3 is 0 Å². The first kappa shape index (κ1) is 12.9. The van der Waals surface area contributed by atoms with E-state index in [1.807, 2.05) is 0 Å². The second-order valence-electron chi connectivity index (χ2n) is 5.02. The summed E-state index contributed by atoms with van der Waals surface area (Å²) >= 11 is 6.19. The number of alkyl halides is 1. The SMILES string of the molecule is CCC(C)n1ccc(CN2CCCC(Cl)C2)n1. The van der Waals surface area contributed by atoms with Crippen LogP contribution < -0.4 is 0 Å². The molecule has 3 nitrogen and oxygen atoms in total. The zero-order chi connectivity index (χ0) is 12.3. The van der Waals surface area contributed by atoms with Crippen LogP contribution in [0.5, 0.6) is 0 Å².